The smallest absolute Gasteiger partial charge is 0.266 e. The van der Waals surface area contributed by atoms with Gasteiger partial charge in [-0.3, -0.25) is 4.79 Å². The van der Waals surface area contributed by atoms with Crippen molar-refractivity contribution < 1.29 is 18.3 Å². The Balaban J connectivity index is 1.12. The summed E-state index contributed by atoms with van der Waals surface area (Å²) in [5.41, 5.74) is 5.89. The summed E-state index contributed by atoms with van der Waals surface area (Å²) in [4.78, 5) is 25.9. The maximum absolute atomic E-state index is 13.5. The van der Waals surface area contributed by atoms with E-state index in [0.717, 1.165) is 25.7 Å². The van der Waals surface area contributed by atoms with Crippen molar-refractivity contribution in [3.05, 3.63) is 36.2 Å². The van der Waals surface area contributed by atoms with Gasteiger partial charge in [0.05, 0.1) is 6.54 Å². The Morgan fingerprint density at radius 1 is 1.19 bits per heavy atom. The number of aromatic nitrogens is 3. The van der Waals surface area contributed by atoms with E-state index in [1.807, 2.05) is 0 Å². The summed E-state index contributed by atoms with van der Waals surface area (Å²) in [6, 6.07) is 5.18. The fraction of sp³-hybridized carbons (Fsp3) is 0.524. The first kappa shape index (κ1) is 19.9. The molecule has 31 heavy (non-hydrogen) atoms. The summed E-state index contributed by atoms with van der Waals surface area (Å²) in [6.07, 6.45) is 6.77. The van der Waals surface area contributed by atoms with E-state index in [0.29, 0.717) is 29.8 Å². The molecule has 3 heterocycles. The van der Waals surface area contributed by atoms with E-state index >= 15 is 0 Å². The van der Waals surface area contributed by atoms with Gasteiger partial charge in [-0.25, -0.2) is 18.7 Å². The zero-order valence-electron chi connectivity index (χ0n) is 16.9. The van der Waals surface area contributed by atoms with Crippen LogP contribution in [0, 0.1) is 5.41 Å². The van der Waals surface area contributed by atoms with E-state index in [9.17, 15) is 13.6 Å². The van der Waals surface area contributed by atoms with Gasteiger partial charge >= 0.3 is 0 Å². The average Bonchev–Trinajstić information content (AvgIpc) is 3.05. The van der Waals surface area contributed by atoms with Crippen LogP contribution in [0.4, 0.5) is 20.5 Å². The molecular formula is C21H24F2N6O2. The van der Waals surface area contributed by atoms with Gasteiger partial charge < -0.3 is 20.7 Å². The lowest BCUT2D eigenvalue weighted by Gasteiger charge is -2.57. The van der Waals surface area contributed by atoms with Gasteiger partial charge in [0.25, 0.3) is 11.8 Å². The molecule has 0 unspecified atom stereocenters. The van der Waals surface area contributed by atoms with Crippen LogP contribution in [0.5, 0.6) is 5.88 Å². The summed E-state index contributed by atoms with van der Waals surface area (Å²) in [7, 11) is 0. The third kappa shape index (κ3) is 3.98. The molecule has 0 bridgehead atoms. The van der Waals surface area contributed by atoms with E-state index in [1.165, 1.54) is 0 Å². The monoisotopic (exact) mass is 430 g/mol. The predicted molar refractivity (Wildman–Crippen MR) is 109 cm³/mol. The molecule has 0 atom stereocenters. The zero-order chi connectivity index (χ0) is 21.6. The van der Waals surface area contributed by atoms with Gasteiger partial charge in [0, 0.05) is 31.4 Å². The fourth-order valence-electron chi connectivity index (χ4n) is 4.95. The molecule has 0 radical (unpaired) electrons. The molecule has 8 nitrogen and oxygen atoms in total. The molecule has 2 saturated carbocycles. The van der Waals surface area contributed by atoms with Gasteiger partial charge in [-0.1, -0.05) is 0 Å². The lowest BCUT2D eigenvalue weighted by molar-refractivity contribution is -0.0760. The highest BCUT2D eigenvalue weighted by atomic mass is 19.3. The maximum atomic E-state index is 13.5. The molecule has 0 aromatic carbocycles. The number of alkyl halides is 2. The van der Waals surface area contributed by atoms with Crippen LogP contribution >= 0.6 is 0 Å². The van der Waals surface area contributed by atoms with Crippen molar-refractivity contribution >= 4 is 17.7 Å². The molecule has 1 amide bonds. The van der Waals surface area contributed by atoms with Gasteiger partial charge in [0.1, 0.15) is 17.5 Å². The minimum atomic E-state index is -2.66. The van der Waals surface area contributed by atoms with E-state index in [4.69, 9.17) is 10.5 Å². The van der Waals surface area contributed by atoms with Crippen molar-refractivity contribution in [2.45, 2.75) is 50.2 Å². The number of halogens is 2. The lowest BCUT2D eigenvalue weighted by atomic mass is 9.53. The first-order valence-corrected chi connectivity index (χ1v) is 10.4. The molecule has 2 aromatic rings. The maximum Gasteiger partial charge on any atom is 0.266 e. The number of carbonyl (C=O) groups is 1. The molecule has 1 aliphatic heterocycles. The van der Waals surface area contributed by atoms with Gasteiger partial charge in [0.2, 0.25) is 11.8 Å². The minimum Gasteiger partial charge on any atom is -0.474 e. The van der Waals surface area contributed by atoms with Crippen LogP contribution in [-0.2, 0) is 0 Å². The standard InChI is InChI=1S/C21H24F2N6O2/c22-21(23)4-7-29(12-21)16-3-6-26-19(28-16)27-13-8-20(9-13)10-14(11-20)31-18-15(17(24)30)2-1-5-25-18/h1-3,5-6,13-14H,4,7-12H2,(H2,24,30)(H,26,27,28). The number of hydrogen-bond donors (Lipinski definition) is 2. The average molecular weight is 430 g/mol. The number of nitrogens with one attached hydrogen (secondary N) is 1. The Kier molecular flexibility index (Phi) is 4.67. The molecule has 3 aliphatic rings. The van der Waals surface area contributed by atoms with Crippen molar-refractivity contribution in [3.63, 3.8) is 0 Å². The summed E-state index contributed by atoms with van der Waals surface area (Å²) in [5, 5.41) is 3.32. The highest BCUT2D eigenvalue weighted by Crippen LogP contribution is 2.57. The van der Waals surface area contributed by atoms with Crippen molar-refractivity contribution in [2.75, 3.05) is 23.3 Å². The number of rotatable bonds is 6. The van der Waals surface area contributed by atoms with E-state index < -0.39 is 11.8 Å². The van der Waals surface area contributed by atoms with Gasteiger partial charge in [-0.15, -0.1) is 0 Å². The topological polar surface area (TPSA) is 106 Å². The van der Waals surface area contributed by atoms with Crippen LogP contribution in [0.1, 0.15) is 42.5 Å². The van der Waals surface area contributed by atoms with Gasteiger partial charge in [0.15, 0.2) is 0 Å². The predicted octanol–water partition coefficient (Wildman–Crippen LogP) is 2.62. The number of ether oxygens (including phenoxy) is 1. The lowest BCUT2D eigenvalue weighted by Crippen LogP contribution is -2.56. The Bertz CT molecular complexity index is 989. The number of anilines is 2. The highest BCUT2D eigenvalue weighted by molar-refractivity contribution is 5.94. The SMILES string of the molecule is NC(=O)c1cccnc1OC1CC2(CC(Nc3nccc(N4CCC(F)(F)C4)n3)C2)C1. The molecular weight excluding hydrogens is 406 g/mol. The number of amides is 1. The molecule has 3 N–H and O–H groups in total. The number of nitrogens with two attached hydrogens (primary N) is 1. The second kappa shape index (κ2) is 7.28. The highest BCUT2D eigenvalue weighted by Gasteiger charge is 2.54. The van der Waals surface area contributed by atoms with E-state index in [-0.39, 0.29) is 30.5 Å². The number of pyridine rings is 1. The van der Waals surface area contributed by atoms with Gasteiger partial charge in [-0.2, -0.15) is 4.98 Å². The molecule has 164 valence electrons. The minimum absolute atomic E-state index is 0.0189. The molecule has 5 rings (SSSR count). The quantitative estimate of drug-likeness (QED) is 0.726. The number of carbonyl (C=O) groups excluding carboxylic acids is 1. The Hall–Kier alpha value is -3.04. The number of nitrogens with zero attached hydrogens (tertiary/aromatic N) is 4. The summed E-state index contributed by atoms with van der Waals surface area (Å²) < 4.78 is 32.8. The number of primary amides is 1. The summed E-state index contributed by atoms with van der Waals surface area (Å²) >= 11 is 0. The van der Waals surface area contributed by atoms with Crippen molar-refractivity contribution in [3.8, 4) is 5.88 Å². The molecule has 1 saturated heterocycles. The largest absolute Gasteiger partial charge is 0.474 e. The first-order valence-electron chi connectivity index (χ1n) is 10.4. The third-order valence-electron chi connectivity index (χ3n) is 6.46. The molecule has 10 heteroatoms. The van der Waals surface area contributed by atoms with Crippen LogP contribution in [0.3, 0.4) is 0 Å². The molecule has 2 aliphatic carbocycles. The molecule has 1 spiro atoms. The van der Waals surface area contributed by atoms with Gasteiger partial charge in [-0.05, 0) is 49.3 Å². The Morgan fingerprint density at radius 2 is 2.00 bits per heavy atom. The van der Waals surface area contributed by atoms with E-state index in [2.05, 4.69) is 20.3 Å². The van der Waals surface area contributed by atoms with Crippen molar-refractivity contribution in [1.29, 1.82) is 0 Å². The fourth-order valence-corrected chi connectivity index (χ4v) is 4.95. The van der Waals surface area contributed by atoms with Crippen LogP contribution < -0.4 is 20.7 Å². The van der Waals surface area contributed by atoms with E-state index in [1.54, 1.807) is 35.5 Å². The normalized spacial score (nSPS) is 28.6. The first-order chi connectivity index (χ1) is 14.8. The molecule has 2 aromatic heterocycles. The second-order valence-corrected chi connectivity index (χ2v) is 8.88. The Labute approximate surface area is 178 Å². The van der Waals surface area contributed by atoms with Crippen molar-refractivity contribution in [1.82, 2.24) is 15.0 Å². The number of hydrogen-bond acceptors (Lipinski definition) is 7. The van der Waals surface area contributed by atoms with Crippen LogP contribution in [0.2, 0.25) is 0 Å². The zero-order valence-corrected chi connectivity index (χ0v) is 16.9. The Morgan fingerprint density at radius 3 is 2.71 bits per heavy atom. The van der Waals surface area contributed by atoms with Crippen molar-refractivity contribution in [2.24, 2.45) is 11.1 Å². The second-order valence-electron chi connectivity index (χ2n) is 8.88. The third-order valence-corrected chi connectivity index (χ3v) is 6.46. The summed E-state index contributed by atoms with van der Waals surface area (Å²) in [5.74, 6) is -1.91. The van der Waals surface area contributed by atoms with Crippen LogP contribution in [0.25, 0.3) is 0 Å². The summed E-state index contributed by atoms with van der Waals surface area (Å²) in [6.45, 7) is -0.00373. The molecule has 3 fully saturated rings. The van der Waals surface area contributed by atoms with Crippen LogP contribution in [-0.4, -0.2) is 52.0 Å². The van der Waals surface area contributed by atoms with Crippen LogP contribution in [0.15, 0.2) is 30.6 Å².